The summed E-state index contributed by atoms with van der Waals surface area (Å²) in [5.41, 5.74) is 3.41. The molecule has 1 aliphatic rings. The van der Waals surface area contributed by atoms with Crippen molar-refractivity contribution in [2.45, 2.75) is 45.9 Å². The summed E-state index contributed by atoms with van der Waals surface area (Å²) in [6, 6.07) is 19.1. The van der Waals surface area contributed by atoms with Crippen molar-refractivity contribution in [3.05, 3.63) is 101 Å². The van der Waals surface area contributed by atoms with E-state index >= 15 is 0 Å². The summed E-state index contributed by atoms with van der Waals surface area (Å²) in [5.74, 6) is -0.527. The Balaban J connectivity index is 1.53. The number of anilines is 1. The first kappa shape index (κ1) is 26.9. The quantitative estimate of drug-likeness (QED) is 0.386. The summed E-state index contributed by atoms with van der Waals surface area (Å²) in [7, 11) is 0. The Bertz CT molecular complexity index is 1290. The van der Waals surface area contributed by atoms with Crippen LogP contribution in [0.2, 0.25) is 0 Å². The zero-order valence-electron chi connectivity index (χ0n) is 21.7. The first-order chi connectivity index (χ1) is 18.2. The molecule has 8 heteroatoms. The predicted molar refractivity (Wildman–Crippen MR) is 143 cm³/mol. The number of halogens is 1. The van der Waals surface area contributed by atoms with Gasteiger partial charge in [0.2, 0.25) is 5.91 Å². The van der Waals surface area contributed by atoms with Crippen molar-refractivity contribution in [3.63, 3.8) is 0 Å². The number of aryl methyl sites for hydroxylation is 1. The number of benzene rings is 3. The Hall–Kier alpha value is -4.20. The van der Waals surface area contributed by atoms with Crippen molar-refractivity contribution in [1.29, 1.82) is 0 Å². The maximum atomic E-state index is 13.4. The summed E-state index contributed by atoms with van der Waals surface area (Å²) in [6.45, 7) is 6.63. The molecule has 1 aliphatic heterocycles. The van der Waals surface area contributed by atoms with Gasteiger partial charge in [-0.3, -0.25) is 14.5 Å². The maximum absolute atomic E-state index is 13.4. The lowest BCUT2D eigenvalue weighted by Crippen LogP contribution is -2.46. The Labute approximate surface area is 222 Å². The standard InChI is InChI=1S/C30H32FN3O4/c1-19(2)15-16-32-29(36)26-27(38-30(37)34(26)18-21-7-11-24(31)12-8-21)22-9-13-25(14-10-22)33-28(35)23-6-4-5-20(3)17-23/h4-14,17,19,26-27H,15-16,18H2,1-3H3,(H,32,36)(H,33,35). The largest absolute Gasteiger partial charge is 0.438 e. The highest BCUT2D eigenvalue weighted by atomic mass is 19.1. The van der Waals surface area contributed by atoms with E-state index in [-0.39, 0.29) is 24.2 Å². The number of hydrogen-bond donors (Lipinski definition) is 2. The molecule has 1 heterocycles. The summed E-state index contributed by atoms with van der Waals surface area (Å²) in [6.07, 6.45) is -0.672. The van der Waals surface area contributed by atoms with E-state index in [0.717, 1.165) is 12.0 Å². The minimum Gasteiger partial charge on any atom is -0.438 e. The van der Waals surface area contributed by atoms with Gasteiger partial charge in [0.15, 0.2) is 12.1 Å². The molecule has 0 spiro atoms. The zero-order valence-corrected chi connectivity index (χ0v) is 21.7. The lowest BCUT2D eigenvalue weighted by molar-refractivity contribution is -0.126. The number of nitrogens with one attached hydrogen (secondary N) is 2. The van der Waals surface area contributed by atoms with Crippen LogP contribution in [-0.2, 0) is 16.1 Å². The average molecular weight is 518 g/mol. The Morgan fingerprint density at radius 1 is 1.03 bits per heavy atom. The molecule has 4 rings (SSSR count). The number of carbonyl (C=O) groups excluding carboxylic acids is 3. The van der Waals surface area contributed by atoms with Crippen LogP contribution in [0.15, 0.2) is 72.8 Å². The van der Waals surface area contributed by atoms with E-state index in [4.69, 9.17) is 4.74 Å². The molecular formula is C30H32FN3O4. The molecule has 7 nitrogen and oxygen atoms in total. The lowest BCUT2D eigenvalue weighted by atomic mass is 10.00. The number of ether oxygens (including phenoxy) is 1. The molecule has 0 aliphatic carbocycles. The molecule has 1 fully saturated rings. The Morgan fingerprint density at radius 3 is 2.39 bits per heavy atom. The summed E-state index contributed by atoms with van der Waals surface area (Å²) < 4.78 is 19.1. The first-order valence-corrected chi connectivity index (χ1v) is 12.7. The second kappa shape index (κ2) is 11.9. The molecular weight excluding hydrogens is 485 g/mol. The summed E-state index contributed by atoms with van der Waals surface area (Å²) in [4.78, 5) is 40.2. The minimum atomic E-state index is -0.910. The normalized spacial score (nSPS) is 16.9. The van der Waals surface area contributed by atoms with Gasteiger partial charge in [0, 0.05) is 17.8 Å². The van der Waals surface area contributed by atoms with Crippen molar-refractivity contribution >= 4 is 23.6 Å². The molecule has 2 unspecified atom stereocenters. The molecule has 0 bridgehead atoms. The van der Waals surface area contributed by atoms with E-state index in [1.54, 1.807) is 48.5 Å². The van der Waals surface area contributed by atoms with Crippen molar-refractivity contribution in [3.8, 4) is 0 Å². The van der Waals surface area contributed by atoms with Gasteiger partial charge in [0.25, 0.3) is 5.91 Å². The molecule has 38 heavy (non-hydrogen) atoms. The van der Waals surface area contributed by atoms with Crippen LogP contribution in [0, 0.1) is 18.7 Å². The second-order valence-electron chi connectivity index (χ2n) is 9.92. The number of rotatable bonds is 9. The van der Waals surface area contributed by atoms with Gasteiger partial charge in [-0.15, -0.1) is 0 Å². The second-order valence-corrected chi connectivity index (χ2v) is 9.92. The van der Waals surface area contributed by atoms with Crippen molar-refractivity contribution in [2.75, 3.05) is 11.9 Å². The van der Waals surface area contributed by atoms with Gasteiger partial charge in [-0.05, 0) is 66.8 Å². The van der Waals surface area contributed by atoms with E-state index in [2.05, 4.69) is 24.5 Å². The number of amides is 3. The van der Waals surface area contributed by atoms with Crippen LogP contribution in [0.3, 0.4) is 0 Å². The van der Waals surface area contributed by atoms with Gasteiger partial charge in [0.05, 0.1) is 6.54 Å². The van der Waals surface area contributed by atoms with E-state index < -0.39 is 18.2 Å². The van der Waals surface area contributed by atoms with E-state index in [1.165, 1.54) is 17.0 Å². The highest BCUT2D eigenvalue weighted by Crippen LogP contribution is 2.34. The highest BCUT2D eigenvalue weighted by molar-refractivity contribution is 6.04. The molecule has 2 atom stereocenters. The number of cyclic esters (lactones) is 1. The average Bonchev–Trinajstić information content (AvgIpc) is 3.21. The van der Waals surface area contributed by atoms with Gasteiger partial charge >= 0.3 is 6.09 Å². The maximum Gasteiger partial charge on any atom is 0.411 e. The lowest BCUT2D eigenvalue weighted by Gasteiger charge is -2.24. The highest BCUT2D eigenvalue weighted by Gasteiger charge is 2.46. The third kappa shape index (κ3) is 6.56. The smallest absolute Gasteiger partial charge is 0.411 e. The van der Waals surface area contributed by atoms with Gasteiger partial charge in [-0.25, -0.2) is 9.18 Å². The molecule has 3 amide bonds. The first-order valence-electron chi connectivity index (χ1n) is 12.7. The van der Waals surface area contributed by atoms with Crippen LogP contribution >= 0.6 is 0 Å². The van der Waals surface area contributed by atoms with Crippen LogP contribution in [0.1, 0.15) is 53.4 Å². The van der Waals surface area contributed by atoms with Crippen LogP contribution < -0.4 is 10.6 Å². The molecule has 3 aromatic carbocycles. The van der Waals surface area contributed by atoms with Crippen molar-refractivity contribution in [1.82, 2.24) is 10.2 Å². The molecule has 1 saturated heterocycles. The molecule has 2 N–H and O–H groups in total. The summed E-state index contributed by atoms with van der Waals surface area (Å²) >= 11 is 0. The third-order valence-electron chi connectivity index (χ3n) is 6.42. The van der Waals surface area contributed by atoms with Gasteiger partial charge in [-0.1, -0.05) is 55.8 Å². The van der Waals surface area contributed by atoms with E-state index in [9.17, 15) is 18.8 Å². The fourth-order valence-electron chi connectivity index (χ4n) is 4.33. The topological polar surface area (TPSA) is 87.7 Å². The van der Waals surface area contributed by atoms with Crippen LogP contribution in [0.25, 0.3) is 0 Å². The number of nitrogens with zero attached hydrogens (tertiary/aromatic N) is 1. The molecule has 198 valence electrons. The van der Waals surface area contributed by atoms with Crippen LogP contribution in [-0.4, -0.2) is 35.4 Å². The van der Waals surface area contributed by atoms with Crippen LogP contribution in [0.4, 0.5) is 14.9 Å². The zero-order chi connectivity index (χ0) is 27.2. The van der Waals surface area contributed by atoms with Gasteiger partial charge in [0.1, 0.15) is 5.82 Å². The third-order valence-corrected chi connectivity index (χ3v) is 6.42. The molecule has 0 aromatic heterocycles. The monoisotopic (exact) mass is 517 g/mol. The molecule has 0 saturated carbocycles. The van der Waals surface area contributed by atoms with Crippen molar-refractivity contribution < 1.29 is 23.5 Å². The summed E-state index contributed by atoms with van der Waals surface area (Å²) in [5, 5.41) is 5.79. The van der Waals surface area contributed by atoms with Crippen LogP contribution in [0.5, 0.6) is 0 Å². The van der Waals surface area contributed by atoms with E-state index in [1.807, 2.05) is 19.1 Å². The number of carbonyl (C=O) groups is 3. The fraction of sp³-hybridized carbons (Fsp3) is 0.300. The van der Waals surface area contributed by atoms with E-state index in [0.29, 0.717) is 34.8 Å². The Morgan fingerprint density at radius 2 is 1.74 bits per heavy atom. The molecule has 3 aromatic rings. The Kier molecular flexibility index (Phi) is 8.41. The SMILES string of the molecule is Cc1cccc(C(=O)Nc2ccc(C3OC(=O)N(Cc4ccc(F)cc4)C3C(=O)NCCC(C)C)cc2)c1. The molecule has 0 radical (unpaired) electrons. The predicted octanol–water partition coefficient (Wildman–Crippen LogP) is 5.61. The van der Waals surface area contributed by atoms with Gasteiger partial charge in [-0.2, -0.15) is 0 Å². The minimum absolute atomic E-state index is 0.0997. The van der Waals surface area contributed by atoms with Crippen molar-refractivity contribution in [2.24, 2.45) is 5.92 Å². The fourth-order valence-corrected chi connectivity index (χ4v) is 4.33. The van der Waals surface area contributed by atoms with Gasteiger partial charge < -0.3 is 15.4 Å². The number of hydrogen-bond acceptors (Lipinski definition) is 4.